The average molecular weight is 260 g/mol. The fourth-order valence-corrected chi connectivity index (χ4v) is 2.30. The van der Waals surface area contributed by atoms with Crippen LogP contribution in [0.5, 0.6) is 0 Å². The number of urea groups is 1. The van der Waals surface area contributed by atoms with Gasteiger partial charge in [0.2, 0.25) is 0 Å². The van der Waals surface area contributed by atoms with Gasteiger partial charge >= 0.3 is 6.03 Å². The van der Waals surface area contributed by atoms with Gasteiger partial charge in [-0.15, -0.1) is 0 Å². The number of piperidine rings is 1. The van der Waals surface area contributed by atoms with Crippen molar-refractivity contribution in [2.45, 2.75) is 25.3 Å². The van der Waals surface area contributed by atoms with E-state index in [0.29, 0.717) is 0 Å². The van der Waals surface area contributed by atoms with Crippen molar-refractivity contribution in [3.8, 4) is 0 Å². The third kappa shape index (κ3) is 3.47. The molecule has 0 saturated carbocycles. The summed E-state index contributed by atoms with van der Waals surface area (Å²) in [5.41, 5.74) is 6.43. The lowest BCUT2D eigenvalue weighted by Gasteiger charge is -2.29. The van der Waals surface area contributed by atoms with Crippen LogP contribution < -0.4 is 11.1 Å². The van der Waals surface area contributed by atoms with E-state index in [1.165, 1.54) is 6.42 Å². The van der Waals surface area contributed by atoms with Crippen molar-refractivity contribution in [1.29, 1.82) is 5.41 Å². The van der Waals surface area contributed by atoms with Crippen molar-refractivity contribution in [1.82, 2.24) is 10.2 Å². The standard InChI is InChI=1S/C14H20N4O/c15-13(16)12(11-7-3-1-4-8-11)17-14(19)18-9-5-2-6-10-18/h1,3-4,7-8,12H,2,5-6,9-10H2,(H3,15,16)(H,17,19). The normalized spacial score (nSPS) is 16.7. The van der Waals surface area contributed by atoms with E-state index >= 15 is 0 Å². The molecule has 1 unspecified atom stereocenters. The van der Waals surface area contributed by atoms with E-state index in [2.05, 4.69) is 5.32 Å². The van der Waals surface area contributed by atoms with E-state index in [-0.39, 0.29) is 11.9 Å². The molecule has 1 aromatic carbocycles. The highest BCUT2D eigenvalue weighted by molar-refractivity contribution is 5.88. The van der Waals surface area contributed by atoms with Gasteiger partial charge in [-0.3, -0.25) is 5.41 Å². The van der Waals surface area contributed by atoms with Crippen molar-refractivity contribution >= 4 is 11.9 Å². The first kappa shape index (κ1) is 13.4. The second-order valence-corrected chi connectivity index (χ2v) is 4.80. The number of hydrogen-bond donors (Lipinski definition) is 3. The molecule has 1 saturated heterocycles. The van der Waals surface area contributed by atoms with Crippen LogP contribution in [0.3, 0.4) is 0 Å². The number of nitrogens with two attached hydrogens (primary N) is 1. The molecule has 0 aliphatic carbocycles. The summed E-state index contributed by atoms with van der Waals surface area (Å²) < 4.78 is 0. The summed E-state index contributed by atoms with van der Waals surface area (Å²) in [5, 5.41) is 10.5. The Morgan fingerprint density at radius 2 is 1.84 bits per heavy atom. The predicted octanol–water partition coefficient (Wildman–Crippen LogP) is 1.86. The van der Waals surface area contributed by atoms with E-state index < -0.39 is 6.04 Å². The van der Waals surface area contributed by atoms with E-state index in [1.807, 2.05) is 30.3 Å². The minimum absolute atomic E-state index is 0.0449. The van der Waals surface area contributed by atoms with Crippen LogP contribution in [-0.2, 0) is 0 Å². The zero-order valence-corrected chi connectivity index (χ0v) is 10.9. The summed E-state index contributed by atoms with van der Waals surface area (Å²) in [6.07, 6.45) is 3.27. The number of nitrogens with one attached hydrogen (secondary N) is 2. The molecule has 102 valence electrons. The van der Waals surface area contributed by atoms with E-state index in [0.717, 1.165) is 31.5 Å². The molecule has 0 radical (unpaired) electrons. The highest BCUT2D eigenvalue weighted by atomic mass is 16.2. The third-order valence-electron chi connectivity index (χ3n) is 3.35. The summed E-state index contributed by atoms with van der Waals surface area (Å²) >= 11 is 0. The molecule has 4 N–H and O–H groups in total. The van der Waals surface area contributed by atoms with Crippen molar-refractivity contribution in [3.05, 3.63) is 35.9 Å². The maximum atomic E-state index is 12.1. The van der Waals surface area contributed by atoms with Crippen LogP contribution in [0.4, 0.5) is 4.79 Å². The largest absolute Gasteiger partial charge is 0.386 e. The summed E-state index contributed by atoms with van der Waals surface area (Å²) in [6.45, 7) is 1.57. The van der Waals surface area contributed by atoms with Crippen molar-refractivity contribution in [2.24, 2.45) is 5.73 Å². The van der Waals surface area contributed by atoms with E-state index in [4.69, 9.17) is 11.1 Å². The van der Waals surface area contributed by atoms with Gasteiger partial charge in [0.1, 0.15) is 11.9 Å². The lowest BCUT2D eigenvalue weighted by molar-refractivity contribution is 0.185. The highest BCUT2D eigenvalue weighted by Gasteiger charge is 2.22. The topological polar surface area (TPSA) is 82.2 Å². The van der Waals surface area contributed by atoms with Gasteiger partial charge in [-0.2, -0.15) is 0 Å². The molecule has 1 heterocycles. The number of carbonyl (C=O) groups is 1. The van der Waals surface area contributed by atoms with Gasteiger partial charge in [0.25, 0.3) is 0 Å². The van der Waals surface area contributed by atoms with Crippen molar-refractivity contribution in [2.75, 3.05) is 13.1 Å². The predicted molar refractivity (Wildman–Crippen MR) is 75.1 cm³/mol. The molecule has 2 rings (SSSR count). The van der Waals surface area contributed by atoms with Gasteiger partial charge in [0, 0.05) is 13.1 Å². The number of benzene rings is 1. The van der Waals surface area contributed by atoms with Crippen LogP contribution in [0.15, 0.2) is 30.3 Å². The van der Waals surface area contributed by atoms with Gasteiger partial charge in [0.15, 0.2) is 0 Å². The first-order chi connectivity index (χ1) is 9.18. The van der Waals surface area contributed by atoms with Gasteiger partial charge < -0.3 is 16.0 Å². The minimum atomic E-state index is -0.546. The minimum Gasteiger partial charge on any atom is -0.386 e. The second-order valence-electron chi connectivity index (χ2n) is 4.80. The van der Waals surface area contributed by atoms with E-state index in [9.17, 15) is 4.79 Å². The molecule has 0 spiro atoms. The molecule has 1 aliphatic heterocycles. The molecule has 1 atom stereocenters. The lowest BCUT2D eigenvalue weighted by atomic mass is 10.1. The Balaban J connectivity index is 2.04. The van der Waals surface area contributed by atoms with Crippen LogP contribution >= 0.6 is 0 Å². The van der Waals surface area contributed by atoms with Crippen molar-refractivity contribution < 1.29 is 4.79 Å². The maximum absolute atomic E-state index is 12.1. The van der Waals surface area contributed by atoms with Crippen LogP contribution in [0, 0.1) is 5.41 Å². The smallest absolute Gasteiger partial charge is 0.318 e. The van der Waals surface area contributed by atoms with Gasteiger partial charge in [0.05, 0.1) is 0 Å². The zero-order chi connectivity index (χ0) is 13.7. The molecule has 5 heteroatoms. The monoisotopic (exact) mass is 260 g/mol. The molecule has 2 amide bonds. The first-order valence-corrected chi connectivity index (χ1v) is 6.63. The number of amidine groups is 1. The average Bonchev–Trinajstić information content (AvgIpc) is 2.46. The molecule has 1 fully saturated rings. The SMILES string of the molecule is N=C(N)C(NC(=O)N1CCCCC1)c1ccccc1. The molecule has 1 aliphatic rings. The Morgan fingerprint density at radius 3 is 2.42 bits per heavy atom. The van der Waals surface area contributed by atoms with Gasteiger partial charge in [-0.1, -0.05) is 30.3 Å². The summed E-state index contributed by atoms with van der Waals surface area (Å²) in [5.74, 6) is -0.0449. The third-order valence-corrected chi connectivity index (χ3v) is 3.35. The molecule has 1 aromatic rings. The van der Waals surface area contributed by atoms with Crippen molar-refractivity contribution in [3.63, 3.8) is 0 Å². The fraction of sp³-hybridized carbons (Fsp3) is 0.429. The molecule has 5 nitrogen and oxygen atoms in total. The Labute approximate surface area is 113 Å². The Kier molecular flexibility index (Phi) is 4.39. The Bertz CT molecular complexity index is 440. The van der Waals surface area contributed by atoms with Crippen LogP contribution in [0.2, 0.25) is 0 Å². The Hall–Kier alpha value is -2.04. The number of hydrogen-bond acceptors (Lipinski definition) is 2. The highest BCUT2D eigenvalue weighted by Crippen LogP contribution is 2.14. The summed E-state index contributed by atoms with van der Waals surface area (Å²) in [6, 6.07) is 8.69. The molecule has 0 bridgehead atoms. The second kappa shape index (κ2) is 6.22. The number of amides is 2. The first-order valence-electron chi connectivity index (χ1n) is 6.63. The number of nitrogens with zero attached hydrogens (tertiary/aromatic N) is 1. The lowest BCUT2D eigenvalue weighted by Crippen LogP contribution is -2.46. The molecule has 19 heavy (non-hydrogen) atoms. The quantitative estimate of drug-likeness (QED) is 0.572. The molecular formula is C14H20N4O. The number of rotatable bonds is 3. The van der Waals surface area contributed by atoms with Crippen LogP contribution in [0.1, 0.15) is 30.9 Å². The summed E-state index contributed by atoms with van der Waals surface area (Å²) in [4.78, 5) is 13.9. The fourth-order valence-electron chi connectivity index (χ4n) is 2.30. The van der Waals surface area contributed by atoms with E-state index in [1.54, 1.807) is 4.90 Å². The van der Waals surface area contributed by atoms with Gasteiger partial charge in [-0.05, 0) is 24.8 Å². The van der Waals surface area contributed by atoms with Gasteiger partial charge in [-0.25, -0.2) is 4.79 Å². The zero-order valence-electron chi connectivity index (χ0n) is 10.9. The molecule has 0 aromatic heterocycles. The van der Waals surface area contributed by atoms with Crippen LogP contribution in [0.25, 0.3) is 0 Å². The summed E-state index contributed by atoms with van der Waals surface area (Å²) in [7, 11) is 0. The van der Waals surface area contributed by atoms with Crippen LogP contribution in [-0.4, -0.2) is 29.9 Å². The maximum Gasteiger partial charge on any atom is 0.318 e. The number of likely N-dealkylation sites (tertiary alicyclic amines) is 1. The number of carbonyl (C=O) groups excluding carboxylic acids is 1. The Morgan fingerprint density at radius 1 is 1.21 bits per heavy atom. The molecular weight excluding hydrogens is 240 g/mol.